The van der Waals surface area contributed by atoms with E-state index in [1.54, 1.807) is 25.1 Å². The number of fused-ring (bicyclic) bond motifs is 1. The second-order valence-corrected chi connectivity index (χ2v) is 7.36. The van der Waals surface area contributed by atoms with Gasteiger partial charge in [0, 0.05) is 22.2 Å². The van der Waals surface area contributed by atoms with E-state index in [1.807, 2.05) is 0 Å². The van der Waals surface area contributed by atoms with Gasteiger partial charge >= 0.3 is 5.97 Å². The van der Waals surface area contributed by atoms with Gasteiger partial charge in [-0.1, -0.05) is 15.9 Å². The standard InChI is InChI=1S/C20H17BrN4O6/c1-11(20(27)30-3)31-18-7-5-15(25(28)29)8-13(18)10-22-24-12(2)23-17-6-4-14(21)9-16(17)19(24)26/h4-11H,1-3H3/t11-/m1/s1. The number of aryl methyl sites for hydroxylation is 1. The molecule has 31 heavy (non-hydrogen) atoms. The van der Waals surface area contributed by atoms with Crippen LogP contribution in [0.1, 0.15) is 18.3 Å². The van der Waals surface area contributed by atoms with Crippen molar-refractivity contribution in [2.75, 3.05) is 7.11 Å². The molecule has 0 N–H and O–H groups in total. The number of carbonyl (C=O) groups is 1. The van der Waals surface area contributed by atoms with Crippen molar-refractivity contribution in [3.05, 3.63) is 72.7 Å². The fraction of sp³-hybridized carbons (Fsp3) is 0.200. The van der Waals surface area contributed by atoms with Crippen LogP contribution in [-0.4, -0.2) is 40.0 Å². The van der Waals surface area contributed by atoms with Gasteiger partial charge in [0.1, 0.15) is 11.6 Å². The summed E-state index contributed by atoms with van der Waals surface area (Å²) >= 11 is 3.32. The molecule has 0 amide bonds. The number of carbonyl (C=O) groups excluding carboxylic acids is 1. The second kappa shape index (κ2) is 9.04. The lowest BCUT2D eigenvalue weighted by Gasteiger charge is -2.14. The van der Waals surface area contributed by atoms with Gasteiger partial charge in [-0.05, 0) is 38.1 Å². The van der Waals surface area contributed by atoms with Gasteiger partial charge in [0.25, 0.3) is 11.2 Å². The highest BCUT2D eigenvalue weighted by atomic mass is 79.9. The van der Waals surface area contributed by atoms with E-state index in [4.69, 9.17) is 4.74 Å². The summed E-state index contributed by atoms with van der Waals surface area (Å²) in [5.74, 6) is -0.126. The number of non-ortho nitro benzene ring substituents is 1. The van der Waals surface area contributed by atoms with E-state index >= 15 is 0 Å². The van der Waals surface area contributed by atoms with Gasteiger partial charge in [-0.25, -0.2) is 9.78 Å². The first-order valence-corrected chi connectivity index (χ1v) is 9.76. The highest BCUT2D eigenvalue weighted by Crippen LogP contribution is 2.24. The number of nitrogens with zero attached hydrogens (tertiary/aromatic N) is 4. The largest absolute Gasteiger partial charge is 0.478 e. The number of halogens is 1. The molecule has 1 aromatic heterocycles. The van der Waals surface area contributed by atoms with Gasteiger partial charge < -0.3 is 9.47 Å². The van der Waals surface area contributed by atoms with Crippen molar-refractivity contribution < 1.29 is 19.2 Å². The van der Waals surface area contributed by atoms with Crippen molar-refractivity contribution in [3.8, 4) is 5.75 Å². The van der Waals surface area contributed by atoms with Crippen LogP contribution in [0.4, 0.5) is 5.69 Å². The van der Waals surface area contributed by atoms with E-state index in [-0.39, 0.29) is 17.0 Å². The molecule has 0 saturated heterocycles. The molecule has 0 fully saturated rings. The Bertz CT molecular complexity index is 1270. The monoisotopic (exact) mass is 488 g/mol. The topological polar surface area (TPSA) is 126 Å². The van der Waals surface area contributed by atoms with E-state index in [0.29, 0.717) is 21.2 Å². The maximum absolute atomic E-state index is 12.9. The first kappa shape index (κ1) is 22.1. The zero-order valence-electron chi connectivity index (χ0n) is 16.7. The Labute approximate surface area is 184 Å². The van der Waals surface area contributed by atoms with Gasteiger partial charge in [-0.2, -0.15) is 9.78 Å². The fourth-order valence-electron chi connectivity index (χ4n) is 2.78. The van der Waals surface area contributed by atoms with E-state index in [0.717, 1.165) is 4.68 Å². The lowest BCUT2D eigenvalue weighted by molar-refractivity contribution is -0.384. The van der Waals surface area contributed by atoms with E-state index in [2.05, 4.69) is 30.8 Å². The third-order valence-electron chi connectivity index (χ3n) is 4.32. The zero-order valence-corrected chi connectivity index (χ0v) is 18.3. The molecule has 0 saturated carbocycles. The lowest BCUT2D eigenvalue weighted by atomic mass is 10.2. The summed E-state index contributed by atoms with van der Waals surface area (Å²) in [6, 6.07) is 8.94. The summed E-state index contributed by atoms with van der Waals surface area (Å²) in [6.45, 7) is 3.10. The molecule has 0 aliphatic heterocycles. The zero-order chi connectivity index (χ0) is 22.7. The van der Waals surface area contributed by atoms with Gasteiger partial charge in [-0.15, -0.1) is 0 Å². The number of nitro groups is 1. The van der Waals surface area contributed by atoms with Gasteiger partial charge in [0.2, 0.25) is 0 Å². The molecule has 0 aliphatic rings. The van der Waals surface area contributed by atoms with Crippen LogP contribution in [0.2, 0.25) is 0 Å². The van der Waals surface area contributed by atoms with E-state index in [1.165, 1.54) is 38.4 Å². The Hall–Kier alpha value is -3.60. The van der Waals surface area contributed by atoms with Crippen LogP contribution in [0, 0.1) is 17.0 Å². The number of ether oxygens (including phenoxy) is 2. The highest BCUT2D eigenvalue weighted by molar-refractivity contribution is 9.10. The highest BCUT2D eigenvalue weighted by Gasteiger charge is 2.18. The summed E-state index contributed by atoms with van der Waals surface area (Å²) in [4.78, 5) is 39.5. The van der Waals surface area contributed by atoms with Crippen molar-refractivity contribution in [2.45, 2.75) is 20.0 Å². The van der Waals surface area contributed by atoms with Crippen molar-refractivity contribution >= 4 is 44.7 Å². The average Bonchev–Trinajstić information content (AvgIpc) is 2.74. The number of esters is 1. The molecule has 1 atom stereocenters. The molecule has 3 rings (SSSR count). The lowest BCUT2D eigenvalue weighted by Crippen LogP contribution is -2.25. The van der Waals surface area contributed by atoms with Crippen LogP contribution in [0.3, 0.4) is 0 Å². The van der Waals surface area contributed by atoms with Gasteiger partial charge in [-0.3, -0.25) is 14.9 Å². The molecule has 0 bridgehead atoms. The minimum Gasteiger partial charge on any atom is -0.478 e. The molecular formula is C20H17BrN4O6. The molecule has 0 spiro atoms. The molecule has 0 aliphatic carbocycles. The minimum atomic E-state index is -0.956. The number of rotatable bonds is 6. The Kier molecular flexibility index (Phi) is 6.44. The molecule has 2 aromatic carbocycles. The number of hydrogen-bond donors (Lipinski definition) is 0. The van der Waals surface area contributed by atoms with E-state index in [9.17, 15) is 19.7 Å². The average molecular weight is 489 g/mol. The Morgan fingerprint density at radius 3 is 2.74 bits per heavy atom. The summed E-state index contributed by atoms with van der Waals surface area (Å²) < 4.78 is 12.0. The van der Waals surface area contributed by atoms with E-state index < -0.39 is 22.6 Å². The van der Waals surface area contributed by atoms with Gasteiger partial charge in [0.05, 0.1) is 29.2 Å². The number of methoxy groups -OCH3 is 1. The number of hydrogen-bond acceptors (Lipinski definition) is 8. The van der Waals surface area contributed by atoms with Crippen LogP contribution < -0.4 is 10.3 Å². The summed E-state index contributed by atoms with van der Waals surface area (Å²) in [5.41, 5.74) is 0.106. The van der Waals surface area contributed by atoms with Crippen LogP contribution in [-0.2, 0) is 9.53 Å². The molecule has 160 valence electrons. The molecule has 10 nitrogen and oxygen atoms in total. The first-order chi connectivity index (χ1) is 14.7. The molecular weight excluding hydrogens is 472 g/mol. The number of nitro benzene ring substituents is 1. The smallest absolute Gasteiger partial charge is 0.346 e. The Balaban J connectivity index is 2.08. The first-order valence-electron chi connectivity index (χ1n) is 8.97. The van der Waals surface area contributed by atoms with Gasteiger partial charge in [0.15, 0.2) is 6.10 Å². The normalized spacial score (nSPS) is 12.1. The van der Waals surface area contributed by atoms with Crippen molar-refractivity contribution in [1.82, 2.24) is 9.66 Å². The molecule has 0 unspecified atom stereocenters. The minimum absolute atomic E-state index is 0.162. The second-order valence-electron chi connectivity index (χ2n) is 6.44. The van der Waals surface area contributed by atoms with Crippen LogP contribution in [0.5, 0.6) is 5.75 Å². The molecule has 1 heterocycles. The number of aromatic nitrogens is 2. The molecule has 3 aromatic rings. The fourth-order valence-corrected chi connectivity index (χ4v) is 3.14. The Morgan fingerprint density at radius 1 is 1.32 bits per heavy atom. The quantitative estimate of drug-likeness (QED) is 0.225. The summed E-state index contributed by atoms with van der Waals surface area (Å²) in [7, 11) is 1.22. The third-order valence-corrected chi connectivity index (χ3v) is 4.82. The summed E-state index contributed by atoms with van der Waals surface area (Å²) in [6.07, 6.45) is 0.287. The summed E-state index contributed by atoms with van der Waals surface area (Å²) in [5, 5.41) is 15.7. The molecule has 0 radical (unpaired) electrons. The Morgan fingerprint density at radius 2 is 2.06 bits per heavy atom. The van der Waals surface area contributed by atoms with Crippen molar-refractivity contribution in [3.63, 3.8) is 0 Å². The van der Waals surface area contributed by atoms with Crippen LogP contribution in [0.15, 0.2) is 50.8 Å². The third kappa shape index (κ3) is 4.77. The predicted molar refractivity (Wildman–Crippen MR) is 117 cm³/mol. The number of benzene rings is 2. The maximum Gasteiger partial charge on any atom is 0.346 e. The van der Waals surface area contributed by atoms with Crippen LogP contribution in [0.25, 0.3) is 10.9 Å². The van der Waals surface area contributed by atoms with Crippen LogP contribution >= 0.6 is 15.9 Å². The SMILES string of the molecule is COC(=O)[C@@H](C)Oc1ccc([N+](=O)[O-])cc1C=Nn1c(C)nc2ccc(Br)cc2c1=O. The predicted octanol–water partition coefficient (Wildman–Crippen LogP) is 3.20. The molecule has 11 heteroatoms. The maximum atomic E-state index is 12.9. The van der Waals surface area contributed by atoms with Crippen molar-refractivity contribution in [1.29, 1.82) is 0 Å². The van der Waals surface area contributed by atoms with Crippen molar-refractivity contribution in [2.24, 2.45) is 5.10 Å².